The number of hydrogen-bond acceptors (Lipinski definition) is 2. The van der Waals surface area contributed by atoms with Gasteiger partial charge in [0.15, 0.2) is 0 Å². The molecule has 0 bridgehead atoms. The van der Waals surface area contributed by atoms with Gasteiger partial charge in [0, 0.05) is 5.56 Å². The quantitative estimate of drug-likeness (QED) is 0.587. The van der Waals surface area contributed by atoms with Crippen LogP contribution in [0, 0.1) is 0 Å². The zero-order valence-corrected chi connectivity index (χ0v) is 12.2. The molecule has 19 heavy (non-hydrogen) atoms. The molecule has 0 unspecified atom stereocenters. The predicted molar refractivity (Wildman–Crippen MR) is 80.5 cm³/mol. The Labute approximate surface area is 117 Å². The van der Waals surface area contributed by atoms with E-state index in [2.05, 4.69) is 6.92 Å². The van der Waals surface area contributed by atoms with Crippen LogP contribution in [0.2, 0.25) is 0 Å². The molecule has 0 aliphatic rings. The predicted octanol–water partition coefficient (Wildman–Crippen LogP) is 4.70. The van der Waals surface area contributed by atoms with E-state index >= 15 is 0 Å². The summed E-state index contributed by atoms with van der Waals surface area (Å²) >= 11 is 0. The van der Waals surface area contributed by atoms with Crippen LogP contribution in [0.15, 0.2) is 24.3 Å². The Morgan fingerprint density at radius 1 is 0.895 bits per heavy atom. The van der Waals surface area contributed by atoms with Crippen molar-refractivity contribution in [3.05, 3.63) is 29.8 Å². The molecule has 0 radical (unpaired) electrons. The van der Waals surface area contributed by atoms with Crippen LogP contribution in [-0.4, -0.2) is 11.7 Å². The van der Waals surface area contributed by atoms with Crippen molar-refractivity contribution >= 4 is 0 Å². The van der Waals surface area contributed by atoms with E-state index in [1.807, 2.05) is 24.3 Å². The molecule has 0 heterocycles. The number of unbranched alkanes of at least 4 members (excludes halogenated alkanes) is 7. The molecule has 0 spiro atoms. The Morgan fingerprint density at radius 2 is 1.53 bits per heavy atom. The third kappa shape index (κ3) is 7.22. The number of rotatable bonds is 11. The average molecular weight is 264 g/mol. The molecule has 0 aromatic heterocycles. The van der Waals surface area contributed by atoms with Gasteiger partial charge in [-0.1, -0.05) is 70.1 Å². The summed E-state index contributed by atoms with van der Waals surface area (Å²) in [7, 11) is 0. The second-order valence-corrected chi connectivity index (χ2v) is 5.09. The minimum Gasteiger partial charge on any atom is -0.493 e. The lowest BCUT2D eigenvalue weighted by atomic mass is 10.1. The SMILES string of the molecule is CCCCCCCCCCOc1ccccc1CO. The number of hydrogen-bond donors (Lipinski definition) is 1. The largest absolute Gasteiger partial charge is 0.493 e. The molecule has 0 fully saturated rings. The molecular weight excluding hydrogens is 236 g/mol. The summed E-state index contributed by atoms with van der Waals surface area (Å²) in [5.41, 5.74) is 0.877. The van der Waals surface area contributed by atoms with E-state index in [0.717, 1.165) is 24.3 Å². The molecule has 0 atom stereocenters. The summed E-state index contributed by atoms with van der Waals surface area (Å²) in [4.78, 5) is 0. The van der Waals surface area contributed by atoms with Gasteiger partial charge < -0.3 is 9.84 Å². The lowest BCUT2D eigenvalue weighted by Gasteiger charge is -2.09. The molecule has 1 N–H and O–H groups in total. The summed E-state index contributed by atoms with van der Waals surface area (Å²) in [6.07, 6.45) is 10.5. The third-order valence-corrected chi connectivity index (χ3v) is 3.40. The van der Waals surface area contributed by atoms with Crippen molar-refractivity contribution in [2.24, 2.45) is 0 Å². The van der Waals surface area contributed by atoms with E-state index in [1.54, 1.807) is 0 Å². The van der Waals surface area contributed by atoms with E-state index in [-0.39, 0.29) is 6.61 Å². The minimum atomic E-state index is 0.0492. The van der Waals surface area contributed by atoms with Crippen molar-refractivity contribution in [1.29, 1.82) is 0 Å². The van der Waals surface area contributed by atoms with Crippen LogP contribution in [0.4, 0.5) is 0 Å². The maximum absolute atomic E-state index is 9.18. The fraction of sp³-hybridized carbons (Fsp3) is 0.647. The van der Waals surface area contributed by atoms with Crippen LogP contribution in [-0.2, 0) is 6.61 Å². The van der Waals surface area contributed by atoms with Gasteiger partial charge in [0.1, 0.15) is 5.75 Å². The maximum Gasteiger partial charge on any atom is 0.124 e. The zero-order chi connectivity index (χ0) is 13.8. The van der Waals surface area contributed by atoms with Crippen LogP contribution >= 0.6 is 0 Å². The van der Waals surface area contributed by atoms with Crippen molar-refractivity contribution in [2.75, 3.05) is 6.61 Å². The lowest BCUT2D eigenvalue weighted by Crippen LogP contribution is -2.00. The van der Waals surface area contributed by atoms with Crippen LogP contribution in [0.1, 0.15) is 63.9 Å². The number of benzene rings is 1. The van der Waals surface area contributed by atoms with Gasteiger partial charge in [-0.05, 0) is 12.5 Å². The van der Waals surface area contributed by atoms with Crippen molar-refractivity contribution in [2.45, 2.75) is 64.9 Å². The van der Waals surface area contributed by atoms with Gasteiger partial charge in [0.05, 0.1) is 13.2 Å². The van der Waals surface area contributed by atoms with Crippen molar-refractivity contribution in [3.8, 4) is 5.75 Å². The number of para-hydroxylation sites is 1. The van der Waals surface area contributed by atoms with E-state index in [0.29, 0.717) is 0 Å². The zero-order valence-electron chi connectivity index (χ0n) is 12.2. The van der Waals surface area contributed by atoms with E-state index < -0.39 is 0 Å². The molecule has 0 amide bonds. The van der Waals surface area contributed by atoms with Gasteiger partial charge >= 0.3 is 0 Å². The first-order chi connectivity index (χ1) is 9.38. The number of aliphatic hydroxyl groups is 1. The summed E-state index contributed by atoms with van der Waals surface area (Å²) in [6.45, 7) is 3.06. The molecule has 2 heteroatoms. The standard InChI is InChI=1S/C17H28O2/c1-2-3-4-5-6-7-8-11-14-19-17-13-10-9-12-16(17)15-18/h9-10,12-13,18H,2-8,11,14-15H2,1H3. The van der Waals surface area contributed by atoms with Crippen LogP contribution in [0.25, 0.3) is 0 Å². The highest BCUT2D eigenvalue weighted by Gasteiger charge is 2.00. The highest BCUT2D eigenvalue weighted by molar-refractivity contribution is 5.32. The Bertz CT molecular complexity index is 323. The fourth-order valence-corrected chi connectivity index (χ4v) is 2.19. The summed E-state index contributed by atoms with van der Waals surface area (Å²) < 4.78 is 5.71. The van der Waals surface area contributed by atoms with Crippen LogP contribution < -0.4 is 4.74 Å². The molecule has 2 nitrogen and oxygen atoms in total. The van der Waals surface area contributed by atoms with Gasteiger partial charge in [0.25, 0.3) is 0 Å². The smallest absolute Gasteiger partial charge is 0.124 e. The topological polar surface area (TPSA) is 29.5 Å². The first-order valence-electron chi connectivity index (χ1n) is 7.70. The molecule has 0 saturated heterocycles. The van der Waals surface area contributed by atoms with Gasteiger partial charge in [-0.15, -0.1) is 0 Å². The fourth-order valence-electron chi connectivity index (χ4n) is 2.19. The first-order valence-corrected chi connectivity index (χ1v) is 7.70. The number of ether oxygens (including phenoxy) is 1. The summed E-state index contributed by atoms with van der Waals surface area (Å²) in [5, 5.41) is 9.18. The van der Waals surface area contributed by atoms with E-state index in [9.17, 15) is 5.11 Å². The molecule has 108 valence electrons. The molecule has 0 saturated carbocycles. The first kappa shape index (κ1) is 16.0. The molecular formula is C17H28O2. The van der Waals surface area contributed by atoms with Crippen molar-refractivity contribution in [1.82, 2.24) is 0 Å². The highest BCUT2D eigenvalue weighted by Crippen LogP contribution is 2.18. The van der Waals surface area contributed by atoms with Crippen molar-refractivity contribution in [3.63, 3.8) is 0 Å². The second kappa shape index (κ2) is 10.9. The maximum atomic E-state index is 9.18. The van der Waals surface area contributed by atoms with E-state index in [4.69, 9.17) is 4.74 Å². The average Bonchev–Trinajstić information content (AvgIpc) is 2.46. The van der Waals surface area contributed by atoms with Crippen molar-refractivity contribution < 1.29 is 9.84 Å². The van der Waals surface area contributed by atoms with Crippen LogP contribution in [0.5, 0.6) is 5.75 Å². The summed E-state index contributed by atoms with van der Waals surface area (Å²) in [5.74, 6) is 0.827. The van der Waals surface area contributed by atoms with Gasteiger partial charge in [-0.2, -0.15) is 0 Å². The Morgan fingerprint density at radius 3 is 2.21 bits per heavy atom. The second-order valence-electron chi connectivity index (χ2n) is 5.09. The molecule has 0 aliphatic heterocycles. The summed E-state index contributed by atoms with van der Waals surface area (Å²) in [6, 6.07) is 7.70. The monoisotopic (exact) mass is 264 g/mol. The third-order valence-electron chi connectivity index (χ3n) is 3.40. The highest BCUT2D eigenvalue weighted by atomic mass is 16.5. The van der Waals surface area contributed by atoms with Gasteiger partial charge in [0.2, 0.25) is 0 Å². The molecule has 1 aromatic carbocycles. The van der Waals surface area contributed by atoms with Gasteiger partial charge in [-0.25, -0.2) is 0 Å². The Kier molecular flexibility index (Phi) is 9.17. The Balaban J connectivity index is 2.01. The number of aliphatic hydroxyl groups excluding tert-OH is 1. The molecule has 1 rings (SSSR count). The van der Waals surface area contributed by atoms with E-state index in [1.165, 1.54) is 44.9 Å². The van der Waals surface area contributed by atoms with Gasteiger partial charge in [-0.3, -0.25) is 0 Å². The lowest BCUT2D eigenvalue weighted by molar-refractivity contribution is 0.260. The minimum absolute atomic E-state index is 0.0492. The molecule has 0 aliphatic carbocycles. The Hall–Kier alpha value is -1.02. The normalized spacial score (nSPS) is 10.6. The molecule has 1 aromatic rings. The van der Waals surface area contributed by atoms with Crippen LogP contribution in [0.3, 0.4) is 0 Å².